The van der Waals surface area contributed by atoms with Crippen LogP contribution in [-0.4, -0.2) is 0 Å². The third-order valence-electron chi connectivity index (χ3n) is 12.3. The van der Waals surface area contributed by atoms with Gasteiger partial charge in [0, 0.05) is 22.5 Å². The predicted octanol–water partition coefficient (Wildman–Crippen LogP) is 15.4. The Morgan fingerprint density at radius 2 is 1.11 bits per heavy atom. The molecule has 0 aromatic heterocycles. The molecule has 0 N–H and O–H groups in total. The molecule has 1 fully saturated rings. The zero-order chi connectivity index (χ0) is 37.7. The zero-order valence-electron chi connectivity index (χ0n) is 32.9. The van der Waals surface area contributed by atoms with E-state index >= 15 is 0 Å². The van der Waals surface area contributed by atoms with Crippen LogP contribution in [0.5, 0.6) is 0 Å². The monoisotopic (exact) mass is 713 g/mol. The summed E-state index contributed by atoms with van der Waals surface area (Å²) in [5, 5.41) is 0. The van der Waals surface area contributed by atoms with Gasteiger partial charge in [-0.2, -0.15) is 0 Å². The van der Waals surface area contributed by atoms with Crippen LogP contribution in [0.2, 0.25) is 0 Å². The molecular formula is C54H51N. The fourth-order valence-electron chi connectivity index (χ4n) is 9.55. The van der Waals surface area contributed by atoms with Crippen molar-refractivity contribution in [2.24, 2.45) is 0 Å². The summed E-state index contributed by atoms with van der Waals surface area (Å²) in [6, 6.07) is 61.7. The number of rotatable bonds is 7. The normalized spacial score (nSPS) is 14.3. The summed E-state index contributed by atoms with van der Waals surface area (Å²) in [5.41, 5.74) is 19.5. The van der Waals surface area contributed by atoms with Gasteiger partial charge in [-0.25, -0.2) is 0 Å². The number of nitrogens with zero attached hydrogens (tertiary/aromatic N) is 1. The average molecular weight is 714 g/mol. The molecule has 2 aliphatic carbocycles. The molecule has 1 nitrogen and oxygen atoms in total. The molecule has 0 atom stereocenters. The summed E-state index contributed by atoms with van der Waals surface area (Å²) in [6.45, 7) is 11.6. The Bertz CT molecular complexity index is 2490. The van der Waals surface area contributed by atoms with Crippen molar-refractivity contribution in [1.29, 1.82) is 0 Å². The minimum Gasteiger partial charge on any atom is -0.310 e. The van der Waals surface area contributed by atoms with Gasteiger partial charge in [-0.15, -0.1) is 0 Å². The van der Waals surface area contributed by atoms with Gasteiger partial charge < -0.3 is 4.90 Å². The first kappa shape index (κ1) is 35.1. The molecule has 0 radical (unpaired) electrons. The highest BCUT2D eigenvalue weighted by atomic mass is 15.1. The summed E-state index contributed by atoms with van der Waals surface area (Å²) < 4.78 is 0. The maximum absolute atomic E-state index is 2.53. The van der Waals surface area contributed by atoms with Crippen LogP contribution in [0, 0.1) is 0 Å². The number of benzene rings is 7. The number of anilines is 3. The van der Waals surface area contributed by atoms with E-state index in [1.165, 1.54) is 104 Å². The second-order valence-electron chi connectivity index (χ2n) is 17.1. The Morgan fingerprint density at radius 3 is 1.82 bits per heavy atom. The SMILES string of the molecule is CC(C)c1cccc(N(c2cc(-c3ccccc3)cc(-c3cccc4c3-c3ccccc3C43CCCC3)c2)c2ccc(-c3ccccc3)cc2C(C)(C)C)c1. The Morgan fingerprint density at radius 1 is 0.491 bits per heavy atom. The van der Waals surface area contributed by atoms with Crippen molar-refractivity contribution in [3.05, 3.63) is 186 Å². The molecule has 0 aliphatic heterocycles. The maximum Gasteiger partial charge on any atom is 0.0499 e. The first-order valence-electron chi connectivity index (χ1n) is 20.3. The number of hydrogen-bond donors (Lipinski definition) is 0. The topological polar surface area (TPSA) is 3.24 Å². The molecule has 55 heavy (non-hydrogen) atoms. The molecule has 272 valence electrons. The summed E-state index contributed by atoms with van der Waals surface area (Å²) in [4.78, 5) is 2.53. The lowest BCUT2D eigenvalue weighted by atomic mass is 9.76. The molecule has 9 rings (SSSR count). The van der Waals surface area contributed by atoms with Gasteiger partial charge in [-0.3, -0.25) is 0 Å². The molecule has 1 spiro atoms. The van der Waals surface area contributed by atoms with E-state index < -0.39 is 0 Å². The second kappa shape index (κ2) is 13.9. The molecule has 0 saturated heterocycles. The lowest BCUT2D eigenvalue weighted by Crippen LogP contribution is -2.20. The van der Waals surface area contributed by atoms with Crippen LogP contribution in [0.3, 0.4) is 0 Å². The smallest absolute Gasteiger partial charge is 0.0499 e. The largest absolute Gasteiger partial charge is 0.310 e. The maximum atomic E-state index is 2.53. The summed E-state index contributed by atoms with van der Waals surface area (Å²) >= 11 is 0. The summed E-state index contributed by atoms with van der Waals surface area (Å²) in [7, 11) is 0. The van der Waals surface area contributed by atoms with E-state index in [4.69, 9.17) is 0 Å². The highest BCUT2D eigenvalue weighted by molar-refractivity contribution is 5.95. The number of hydrogen-bond acceptors (Lipinski definition) is 1. The van der Waals surface area contributed by atoms with E-state index in [9.17, 15) is 0 Å². The lowest BCUT2D eigenvalue weighted by Gasteiger charge is -2.33. The van der Waals surface area contributed by atoms with Gasteiger partial charge in [0.25, 0.3) is 0 Å². The first-order valence-corrected chi connectivity index (χ1v) is 20.3. The fraction of sp³-hybridized carbons (Fsp3) is 0.222. The molecule has 0 bridgehead atoms. The van der Waals surface area contributed by atoms with Gasteiger partial charge in [-0.1, -0.05) is 169 Å². The first-order chi connectivity index (χ1) is 26.7. The predicted molar refractivity (Wildman–Crippen MR) is 235 cm³/mol. The van der Waals surface area contributed by atoms with Gasteiger partial charge in [0.15, 0.2) is 0 Å². The van der Waals surface area contributed by atoms with Crippen LogP contribution in [0.1, 0.15) is 88.5 Å². The van der Waals surface area contributed by atoms with Gasteiger partial charge in [0.1, 0.15) is 0 Å². The molecule has 0 unspecified atom stereocenters. The van der Waals surface area contributed by atoms with Crippen LogP contribution in [0.25, 0.3) is 44.5 Å². The van der Waals surface area contributed by atoms with Crippen LogP contribution in [-0.2, 0) is 10.8 Å². The molecule has 7 aromatic rings. The quantitative estimate of drug-likeness (QED) is 0.159. The second-order valence-corrected chi connectivity index (χ2v) is 17.1. The highest BCUT2D eigenvalue weighted by Crippen LogP contribution is 2.59. The van der Waals surface area contributed by atoms with Crippen molar-refractivity contribution in [2.45, 2.75) is 77.0 Å². The Balaban J connectivity index is 1.32. The minimum atomic E-state index is -0.118. The van der Waals surface area contributed by atoms with E-state index in [0.717, 1.165) is 5.69 Å². The molecule has 0 amide bonds. The highest BCUT2D eigenvalue weighted by Gasteiger charge is 2.45. The molecule has 2 aliphatic rings. The van der Waals surface area contributed by atoms with Crippen LogP contribution >= 0.6 is 0 Å². The Labute approximate surface area is 328 Å². The molecule has 0 heterocycles. The van der Waals surface area contributed by atoms with Crippen molar-refractivity contribution in [1.82, 2.24) is 0 Å². The van der Waals surface area contributed by atoms with Crippen molar-refractivity contribution < 1.29 is 0 Å². The lowest BCUT2D eigenvalue weighted by molar-refractivity contribution is 0.550. The third-order valence-corrected chi connectivity index (χ3v) is 12.3. The van der Waals surface area contributed by atoms with Gasteiger partial charge >= 0.3 is 0 Å². The third kappa shape index (κ3) is 6.21. The van der Waals surface area contributed by atoms with E-state index in [0.29, 0.717) is 5.92 Å². The van der Waals surface area contributed by atoms with E-state index in [1.807, 2.05) is 0 Å². The van der Waals surface area contributed by atoms with E-state index in [1.54, 1.807) is 0 Å². The Kier molecular flexibility index (Phi) is 8.85. The Hall–Kier alpha value is -5.66. The molecule has 1 saturated carbocycles. The van der Waals surface area contributed by atoms with Crippen molar-refractivity contribution in [3.63, 3.8) is 0 Å². The molecular weight excluding hydrogens is 663 g/mol. The fourth-order valence-corrected chi connectivity index (χ4v) is 9.55. The van der Waals surface area contributed by atoms with Crippen LogP contribution in [0.4, 0.5) is 17.1 Å². The van der Waals surface area contributed by atoms with Gasteiger partial charge in [0.05, 0.1) is 0 Å². The zero-order valence-corrected chi connectivity index (χ0v) is 32.9. The number of fused-ring (bicyclic) bond motifs is 5. The van der Waals surface area contributed by atoms with Crippen LogP contribution < -0.4 is 4.90 Å². The van der Waals surface area contributed by atoms with E-state index in [-0.39, 0.29) is 10.8 Å². The molecule has 1 heteroatoms. The van der Waals surface area contributed by atoms with Gasteiger partial charge in [0.2, 0.25) is 0 Å². The summed E-state index contributed by atoms with van der Waals surface area (Å²) in [6.07, 6.45) is 5.03. The van der Waals surface area contributed by atoms with E-state index in [2.05, 4.69) is 203 Å². The van der Waals surface area contributed by atoms with Crippen molar-refractivity contribution >= 4 is 17.1 Å². The van der Waals surface area contributed by atoms with Crippen molar-refractivity contribution in [3.8, 4) is 44.5 Å². The average Bonchev–Trinajstić information content (AvgIpc) is 3.82. The summed E-state index contributed by atoms with van der Waals surface area (Å²) in [5.74, 6) is 0.408. The van der Waals surface area contributed by atoms with Crippen molar-refractivity contribution in [2.75, 3.05) is 4.90 Å². The minimum absolute atomic E-state index is 0.118. The molecule has 7 aromatic carbocycles. The standard InChI is InChI=1S/C54H51N/c1-37(2)40-22-16-23-44(33-40)55(51-29-28-41(36-50(51)53(3,4)5)38-18-8-6-9-19-38)45-34-42(39-20-10-7-11-21-39)32-43(35-45)46-25-17-27-49-52(46)47-24-12-13-26-48(47)54(49)30-14-15-31-54/h6-13,16-29,32-37H,14-15,30-31H2,1-5H3. The van der Waals surface area contributed by atoms with Gasteiger partial charge in [-0.05, 0) is 133 Å². The van der Waals surface area contributed by atoms with Crippen LogP contribution in [0.15, 0.2) is 164 Å².